The van der Waals surface area contributed by atoms with E-state index in [1.807, 2.05) is 0 Å². The monoisotopic (exact) mass is 414 g/mol. The van der Waals surface area contributed by atoms with Crippen LogP contribution in [-0.2, 0) is 9.47 Å². The van der Waals surface area contributed by atoms with Crippen LogP contribution in [0.1, 0.15) is 85.5 Å². The van der Waals surface area contributed by atoms with Crippen molar-refractivity contribution in [3.63, 3.8) is 0 Å². The smallest absolute Gasteiger partial charge is 0.171 e. The molecule has 0 amide bonds. The molecule has 4 aliphatic carbocycles. The van der Waals surface area contributed by atoms with E-state index in [0.717, 1.165) is 37.7 Å². The van der Waals surface area contributed by atoms with E-state index < -0.39 is 0 Å². The first-order valence-corrected chi connectivity index (χ1v) is 13.0. The lowest BCUT2D eigenvalue weighted by molar-refractivity contribution is -0.272. The summed E-state index contributed by atoms with van der Waals surface area (Å²) in [6, 6.07) is 0. The predicted molar refractivity (Wildman–Crippen MR) is 118 cm³/mol. The van der Waals surface area contributed by atoms with Crippen molar-refractivity contribution < 1.29 is 14.6 Å². The van der Waals surface area contributed by atoms with Gasteiger partial charge in [0, 0.05) is 12.3 Å². The first kappa shape index (κ1) is 20.2. The van der Waals surface area contributed by atoms with Gasteiger partial charge in [-0.3, -0.25) is 0 Å². The average molecular weight is 415 g/mol. The van der Waals surface area contributed by atoms with Gasteiger partial charge in [0.2, 0.25) is 0 Å². The van der Waals surface area contributed by atoms with E-state index >= 15 is 0 Å². The van der Waals surface area contributed by atoms with Crippen molar-refractivity contribution in [3.8, 4) is 0 Å². The summed E-state index contributed by atoms with van der Waals surface area (Å²) in [5.41, 5.74) is 2.46. The first-order valence-electron chi connectivity index (χ1n) is 13.0. The normalized spacial score (nSPS) is 59.8. The lowest BCUT2D eigenvalue weighted by Gasteiger charge is -2.57. The highest BCUT2D eigenvalue weighted by Crippen LogP contribution is 2.69. The molecule has 2 heterocycles. The van der Waals surface area contributed by atoms with Gasteiger partial charge in [-0.25, -0.2) is 0 Å². The summed E-state index contributed by atoms with van der Waals surface area (Å²) in [6.07, 6.45) is 13.6. The second kappa shape index (κ2) is 6.58. The summed E-state index contributed by atoms with van der Waals surface area (Å²) in [6.45, 7) is 10.7. The molecule has 3 heteroatoms. The molecule has 3 saturated carbocycles. The van der Waals surface area contributed by atoms with E-state index in [0.29, 0.717) is 40.6 Å². The summed E-state index contributed by atoms with van der Waals surface area (Å²) in [5, 5.41) is 10.3. The lowest BCUT2D eigenvalue weighted by Crippen LogP contribution is -2.50. The number of aliphatic hydroxyl groups is 1. The molecule has 6 unspecified atom stereocenters. The molecule has 0 aromatic carbocycles. The van der Waals surface area contributed by atoms with Crippen molar-refractivity contribution in [3.05, 3.63) is 11.6 Å². The van der Waals surface area contributed by atoms with Crippen LogP contribution in [0.3, 0.4) is 0 Å². The number of hydrogen-bond donors (Lipinski definition) is 1. The van der Waals surface area contributed by atoms with Gasteiger partial charge in [-0.15, -0.1) is 0 Å². The van der Waals surface area contributed by atoms with E-state index in [1.165, 1.54) is 38.5 Å². The van der Waals surface area contributed by atoms with Crippen LogP contribution in [0.15, 0.2) is 11.6 Å². The summed E-state index contributed by atoms with van der Waals surface area (Å²) < 4.78 is 13.3. The molecule has 30 heavy (non-hydrogen) atoms. The Morgan fingerprint density at radius 3 is 2.63 bits per heavy atom. The Balaban J connectivity index is 1.30. The van der Waals surface area contributed by atoms with Crippen molar-refractivity contribution in [2.24, 2.45) is 46.3 Å². The Kier molecular flexibility index (Phi) is 4.44. The van der Waals surface area contributed by atoms with Gasteiger partial charge in [-0.2, -0.15) is 0 Å². The van der Waals surface area contributed by atoms with Gasteiger partial charge in [0.25, 0.3) is 0 Å². The Hall–Kier alpha value is -0.380. The number of hydrogen-bond acceptors (Lipinski definition) is 3. The predicted octanol–water partition coefficient (Wildman–Crippen LogP) is 5.71. The molecule has 1 N–H and O–H groups in total. The van der Waals surface area contributed by atoms with Crippen LogP contribution < -0.4 is 0 Å². The fourth-order valence-corrected chi connectivity index (χ4v) is 9.52. The molecular weight excluding hydrogens is 372 g/mol. The van der Waals surface area contributed by atoms with Crippen molar-refractivity contribution in [1.82, 2.24) is 0 Å². The molecular formula is C27H42O3. The van der Waals surface area contributed by atoms with Crippen LogP contribution in [0.4, 0.5) is 0 Å². The largest absolute Gasteiger partial charge is 0.393 e. The molecule has 0 radical (unpaired) electrons. The minimum atomic E-state index is -0.303. The zero-order valence-corrected chi connectivity index (χ0v) is 19.5. The van der Waals surface area contributed by atoms with Gasteiger partial charge in [-0.05, 0) is 91.8 Å². The zero-order chi connectivity index (χ0) is 20.9. The van der Waals surface area contributed by atoms with E-state index in [9.17, 15) is 5.11 Å². The Labute approximate surface area is 183 Å². The fraction of sp³-hybridized carbons (Fsp3) is 0.926. The van der Waals surface area contributed by atoms with Crippen LogP contribution >= 0.6 is 0 Å². The van der Waals surface area contributed by atoms with Crippen molar-refractivity contribution in [2.75, 3.05) is 6.61 Å². The van der Waals surface area contributed by atoms with Crippen LogP contribution in [0.2, 0.25) is 0 Å². The Bertz CT molecular complexity index is 736. The number of ether oxygens (including phenoxy) is 2. The molecule has 0 bridgehead atoms. The van der Waals surface area contributed by atoms with Gasteiger partial charge in [0.1, 0.15) is 0 Å². The van der Waals surface area contributed by atoms with Crippen molar-refractivity contribution >= 4 is 0 Å². The number of allylic oxidation sites excluding steroid dienone is 2. The second-order valence-corrected chi connectivity index (χ2v) is 12.7. The fourth-order valence-electron chi connectivity index (χ4n) is 9.52. The average Bonchev–Trinajstić information content (AvgIpc) is 3.16. The molecule has 11 atom stereocenters. The third-order valence-electron chi connectivity index (χ3n) is 11.3. The van der Waals surface area contributed by atoms with Crippen LogP contribution in [0.5, 0.6) is 0 Å². The maximum Gasteiger partial charge on any atom is 0.171 e. The van der Waals surface area contributed by atoms with Crippen molar-refractivity contribution in [1.29, 1.82) is 0 Å². The van der Waals surface area contributed by atoms with Gasteiger partial charge < -0.3 is 14.6 Å². The standard InChI is InChI=1S/C27H42O3/c1-16-7-12-27(29-15-16)17(2)24-23(30-27)14-22-20-6-5-18-13-19(28)8-10-25(18,3)21(20)9-11-26(22,24)4/h9,16-20,22-24,28H,5-8,10-15H2,1-4H3/t16?,17-,18-,19?,20?,22?,23?,24?,25-,26-,27+/m0/s1. The first-order chi connectivity index (χ1) is 14.3. The molecule has 1 spiro atoms. The molecule has 5 fully saturated rings. The van der Waals surface area contributed by atoms with Gasteiger partial charge in [-0.1, -0.05) is 39.3 Å². The van der Waals surface area contributed by atoms with Gasteiger partial charge in [0.15, 0.2) is 5.79 Å². The molecule has 2 aliphatic heterocycles. The highest BCUT2D eigenvalue weighted by molar-refractivity contribution is 5.30. The van der Waals surface area contributed by atoms with Gasteiger partial charge >= 0.3 is 0 Å². The maximum atomic E-state index is 10.3. The number of fused-ring (bicyclic) bond motifs is 7. The Morgan fingerprint density at radius 2 is 1.87 bits per heavy atom. The summed E-state index contributed by atoms with van der Waals surface area (Å²) in [7, 11) is 0. The summed E-state index contributed by atoms with van der Waals surface area (Å²) >= 11 is 0. The van der Waals surface area contributed by atoms with Crippen LogP contribution in [-0.4, -0.2) is 29.7 Å². The SMILES string of the molecule is CC1CC[C@@]2(OC1)OC1CC3C4CC[C@H]5CC(O)CC[C@]5(C)C4=CC[C@]3(C)C1[C@@H]2C. The van der Waals surface area contributed by atoms with E-state index in [1.54, 1.807) is 5.57 Å². The minimum Gasteiger partial charge on any atom is -0.393 e. The summed E-state index contributed by atoms with van der Waals surface area (Å²) in [4.78, 5) is 0. The van der Waals surface area contributed by atoms with Crippen molar-refractivity contribution in [2.45, 2.75) is 103 Å². The highest BCUT2D eigenvalue weighted by atomic mass is 16.7. The zero-order valence-electron chi connectivity index (χ0n) is 19.5. The second-order valence-electron chi connectivity index (χ2n) is 12.7. The van der Waals surface area contributed by atoms with Crippen LogP contribution in [0, 0.1) is 46.3 Å². The molecule has 6 aliphatic rings. The molecule has 168 valence electrons. The molecule has 0 aromatic heterocycles. The number of aliphatic hydroxyl groups excluding tert-OH is 1. The molecule has 3 nitrogen and oxygen atoms in total. The molecule has 2 saturated heterocycles. The molecule has 6 rings (SSSR count). The van der Waals surface area contributed by atoms with E-state index in [4.69, 9.17) is 9.47 Å². The Morgan fingerprint density at radius 1 is 1.03 bits per heavy atom. The maximum absolute atomic E-state index is 10.3. The van der Waals surface area contributed by atoms with E-state index in [-0.39, 0.29) is 11.9 Å². The third kappa shape index (κ3) is 2.55. The molecule has 0 aromatic rings. The third-order valence-corrected chi connectivity index (χ3v) is 11.3. The lowest BCUT2D eigenvalue weighted by atomic mass is 9.48. The minimum absolute atomic E-state index is 0.0661. The van der Waals surface area contributed by atoms with E-state index in [2.05, 4.69) is 33.8 Å². The van der Waals surface area contributed by atoms with Gasteiger partial charge in [0.05, 0.1) is 18.8 Å². The summed E-state index contributed by atoms with van der Waals surface area (Å²) in [5.74, 6) is 3.68. The van der Waals surface area contributed by atoms with Crippen LogP contribution in [0.25, 0.3) is 0 Å². The highest BCUT2D eigenvalue weighted by Gasteiger charge is 2.67. The topological polar surface area (TPSA) is 38.7 Å². The number of rotatable bonds is 0. The quantitative estimate of drug-likeness (QED) is 0.516.